The van der Waals surface area contributed by atoms with Crippen LogP contribution in [0.1, 0.15) is 10.4 Å². The summed E-state index contributed by atoms with van der Waals surface area (Å²) in [4.78, 5) is 21.9. The van der Waals surface area contributed by atoms with Crippen LogP contribution in [0.3, 0.4) is 0 Å². The van der Waals surface area contributed by atoms with Crippen molar-refractivity contribution >= 4 is 17.7 Å². The Morgan fingerprint density at radius 1 is 1.26 bits per heavy atom. The Labute approximate surface area is 104 Å². The Balaban J connectivity index is 2.78. The van der Waals surface area contributed by atoms with Gasteiger partial charge in [-0.2, -0.15) is 13.2 Å². The molecule has 1 aromatic rings. The normalized spacial score (nSPS) is 10.9. The maximum absolute atomic E-state index is 12.9. The van der Waals surface area contributed by atoms with Crippen LogP contribution in [0.5, 0.6) is 0 Å². The maximum atomic E-state index is 12.9. The molecule has 1 rings (SSSR count). The summed E-state index contributed by atoms with van der Waals surface area (Å²) in [7, 11) is 0. The van der Waals surface area contributed by atoms with Gasteiger partial charge < -0.3 is 15.7 Å². The van der Waals surface area contributed by atoms with Crippen molar-refractivity contribution in [1.29, 1.82) is 0 Å². The molecule has 0 unspecified atom stereocenters. The summed E-state index contributed by atoms with van der Waals surface area (Å²) in [5, 5.41) is 12.1. The molecule has 104 valence electrons. The van der Waals surface area contributed by atoms with Gasteiger partial charge in [0, 0.05) is 0 Å². The number of rotatable bonds is 3. The third-order valence-corrected chi connectivity index (χ3v) is 1.91. The van der Waals surface area contributed by atoms with Gasteiger partial charge in [0.25, 0.3) is 0 Å². The molecule has 0 aliphatic rings. The zero-order chi connectivity index (χ0) is 14.6. The Hall–Kier alpha value is -2.32. The number of carbonyl (C=O) groups excluding carboxylic acids is 1. The highest BCUT2D eigenvalue weighted by atomic mass is 19.4. The Morgan fingerprint density at radius 2 is 1.89 bits per heavy atom. The van der Waals surface area contributed by atoms with Gasteiger partial charge in [-0.25, -0.2) is 14.0 Å². The monoisotopic (exact) mass is 280 g/mol. The number of urea groups is 1. The number of benzene rings is 1. The van der Waals surface area contributed by atoms with Gasteiger partial charge in [-0.05, 0) is 18.2 Å². The van der Waals surface area contributed by atoms with Gasteiger partial charge in [0.05, 0.1) is 11.3 Å². The van der Waals surface area contributed by atoms with E-state index in [2.05, 4.69) is 0 Å². The van der Waals surface area contributed by atoms with Crippen LogP contribution in [0.2, 0.25) is 0 Å². The largest absolute Gasteiger partial charge is 0.478 e. The molecule has 0 radical (unpaired) electrons. The summed E-state index contributed by atoms with van der Waals surface area (Å²) in [5.41, 5.74) is -0.879. The number of carbonyl (C=O) groups is 2. The van der Waals surface area contributed by atoms with Crippen LogP contribution >= 0.6 is 0 Å². The molecule has 2 amide bonds. The molecule has 0 atom stereocenters. The molecule has 0 saturated heterocycles. The molecule has 1 aromatic carbocycles. The molecular formula is C10H8F4N2O3. The zero-order valence-electron chi connectivity index (χ0n) is 9.21. The van der Waals surface area contributed by atoms with Gasteiger partial charge in [0.15, 0.2) is 0 Å². The van der Waals surface area contributed by atoms with Crippen molar-refractivity contribution < 1.29 is 32.3 Å². The molecule has 5 nitrogen and oxygen atoms in total. The third-order valence-electron chi connectivity index (χ3n) is 1.91. The van der Waals surface area contributed by atoms with E-state index in [1.165, 1.54) is 5.32 Å². The van der Waals surface area contributed by atoms with Crippen molar-refractivity contribution in [2.75, 3.05) is 11.9 Å². The quantitative estimate of drug-likeness (QED) is 0.743. The summed E-state index contributed by atoms with van der Waals surface area (Å²) in [6, 6.07) is 1.14. The van der Waals surface area contributed by atoms with E-state index in [0.29, 0.717) is 6.07 Å². The van der Waals surface area contributed by atoms with E-state index in [0.717, 1.165) is 12.1 Å². The van der Waals surface area contributed by atoms with E-state index in [9.17, 15) is 27.2 Å². The summed E-state index contributed by atoms with van der Waals surface area (Å²) < 4.78 is 48.4. The van der Waals surface area contributed by atoms with E-state index < -0.39 is 41.8 Å². The molecule has 0 spiro atoms. The summed E-state index contributed by atoms with van der Waals surface area (Å²) in [6.07, 6.45) is -4.60. The molecule has 0 saturated carbocycles. The molecule has 0 aromatic heterocycles. The highest BCUT2D eigenvalue weighted by Crippen LogP contribution is 2.17. The van der Waals surface area contributed by atoms with Gasteiger partial charge in [-0.15, -0.1) is 0 Å². The number of carboxylic acid groups (broad SMARTS) is 1. The number of halogens is 4. The summed E-state index contributed by atoms with van der Waals surface area (Å²) in [6.45, 7) is -1.59. The second kappa shape index (κ2) is 5.55. The fourth-order valence-electron chi connectivity index (χ4n) is 1.15. The van der Waals surface area contributed by atoms with Crippen LogP contribution in [-0.2, 0) is 0 Å². The van der Waals surface area contributed by atoms with Gasteiger partial charge in [-0.1, -0.05) is 0 Å². The van der Waals surface area contributed by atoms with E-state index in [1.54, 1.807) is 0 Å². The van der Waals surface area contributed by atoms with Crippen LogP contribution in [0.15, 0.2) is 18.2 Å². The van der Waals surface area contributed by atoms with Crippen molar-refractivity contribution in [2.45, 2.75) is 6.18 Å². The van der Waals surface area contributed by atoms with Crippen molar-refractivity contribution in [3.8, 4) is 0 Å². The topological polar surface area (TPSA) is 78.4 Å². The fraction of sp³-hybridized carbons (Fsp3) is 0.200. The first-order valence-electron chi connectivity index (χ1n) is 4.83. The molecule has 0 heterocycles. The maximum Gasteiger partial charge on any atom is 0.405 e. The average Bonchev–Trinajstić information content (AvgIpc) is 2.25. The lowest BCUT2D eigenvalue weighted by Crippen LogP contribution is -2.36. The summed E-state index contributed by atoms with van der Waals surface area (Å²) in [5.74, 6) is -2.29. The minimum atomic E-state index is -4.60. The number of nitrogens with one attached hydrogen (secondary N) is 2. The molecule has 0 bridgehead atoms. The van der Waals surface area contributed by atoms with Crippen LogP contribution in [0.25, 0.3) is 0 Å². The second-order valence-corrected chi connectivity index (χ2v) is 3.42. The first-order chi connectivity index (χ1) is 8.69. The number of aromatic carboxylic acids is 1. The van der Waals surface area contributed by atoms with Crippen LogP contribution in [0.4, 0.5) is 28.0 Å². The number of hydrogen-bond acceptors (Lipinski definition) is 2. The minimum absolute atomic E-state index is 0.438. The van der Waals surface area contributed by atoms with Gasteiger partial charge in [0.2, 0.25) is 0 Å². The highest BCUT2D eigenvalue weighted by Gasteiger charge is 2.27. The van der Waals surface area contributed by atoms with E-state index in [1.807, 2.05) is 5.32 Å². The SMILES string of the molecule is O=C(NCC(F)(F)F)Nc1cc(F)ccc1C(=O)O. The van der Waals surface area contributed by atoms with E-state index >= 15 is 0 Å². The smallest absolute Gasteiger partial charge is 0.405 e. The van der Waals surface area contributed by atoms with Crippen molar-refractivity contribution in [3.63, 3.8) is 0 Å². The van der Waals surface area contributed by atoms with E-state index in [4.69, 9.17) is 5.11 Å². The lowest BCUT2D eigenvalue weighted by atomic mass is 10.2. The molecule has 0 fully saturated rings. The van der Waals surface area contributed by atoms with Crippen molar-refractivity contribution in [2.24, 2.45) is 0 Å². The van der Waals surface area contributed by atoms with Crippen molar-refractivity contribution in [3.05, 3.63) is 29.6 Å². The number of carboxylic acids is 1. The molecule has 9 heteroatoms. The Kier molecular flexibility index (Phi) is 4.30. The zero-order valence-corrected chi connectivity index (χ0v) is 9.21. The lowest BCUT2D eigenvalue weighted by Gasteiger charge is -2.11. The molecule has 0 aliphatic heterocycles. The average molecular weight is 280 g/mol. The molecular weight excluding hydrogens is 272 g/mol. The summed E-state index contributed by atoms with van der Waals surface area (Å²) >= 11 is 0. The van der Waals surface area contributed by atoms with Crippen LogP contribution in [-0.4, -0.2) is 29.8 Å². The predicted molar refractivity (Wildman–Crippen MR) is 56.4 cm³/mol. The standard InChI is InChI=1S/C10H8F4N2O3/c11-5-1-2-6(8(17)18)7(3-5)16-9(19)15-4-10(12,13)14/h1-3H,4H2,(H,17,18)(H2,15,16,19). The lowest BCUT2D eigenvalue weighted by molar-refractivity contribution is -0.122. The Bertz CT molecular complexity index is 502. The van der Waals surface area contributed by atoms with Crippen molar-refractivity contribution in [1.82, 2.24) is 5.32 Å². The van der Waals surface area contributed by atoms with Gasteiger partial charge in [0.1, 0.15) is 12.4 Å². The number of hydrogen-bond donors (Lipinski definition) is 3. The second-order valence-electron chi connectivity index (χ2n) is 3.42. The first kappa shape index (κ1) is 14.7. The predicted octanol–water partition coefficient (Wildman–Crippen LogP) is 2.21. The third kappa shape index (κ3) is 4.82. The Morgan fingerprint density at radius 3 is 2.42 bits per heavy atom. The molecule has 0 aliphatic carbocycles. The number of alkyl halides is 3. The minimum Gasteiger partial charge on any atom is -0.478 e. The molecule has 19 heavy (non-hydrogen) atoms. The van der Waals surface area contributed by atoms with Crippen LogP contribution in [0, 0.1) is 5.82 Å². The fourth-order valence-corrected chi connectivity index (χ4v) is 1.15. The molecule has 3 N–H and O–H groups in total. The van der Waals surface area contributed by atoms with E-state index in [-0.39, 0.29) is 0 Å². The number of amides is 2. The number of anilines is 1. The highest BCUT2D eigenvalue weighted by molar-refractivity contribution is 5.99. The van der Waals surface area contributed by atoms with Gasteiger partial charge in [-0.3, -0.25) is 0 Å². The van der Waals surface area contributed by atoms with Gasteiger partial charge >= 0.3 is 18.2 Å². The first-order valence-corrected chi connectivity index (χ1v) is 4.83. The van der Waals surface area contributed by atoms with Crippen LogP contribution < -0.4 is 10.6 Å².